The predicted molar refractivity (Wildman–Crippen MR) is 168 cm³/mol. The van der Waals surface area contributed by atoms with Gasteiger partial charge in [0.05, 0.1) is 29.1 Å². The van der Waals surface area contributed by atoms with Gasteiger partial charge in [0, 0.05) is 56.2 Å². The molecule has 0 bridgehead atoms. The van der Waals surface area contributed by atoms with Crippen LogP contribution in [0.2, 0.25) is 0 Å². The fraction of sp³-hybridized carbons (Fsp3) is 0.361. The number of amides is 1. The smallest absolute Gasteiger partial charge is 0.229 e. The number of aromatic nitrogens is 5. The van der Waals surface area contributed by atoms with Crippen LogP contribution in [0.25, 0.3) is 11.1 Å². The lowest BCUT2D eigenvalue weighted by Crippen LogP contribution is -2.35. The van der Waals surface area contributed by atoms with Crippen LogP contribution < -0.4 is 5.32 Å². The number of carbonyl (C=O) groups is 1. The summed E-state index contributed by atoms with van der Waals surface area (Å²) < 4.78 is 1.77. The van der Waals surface area contributed by atoms with Crippen molar-refractivity contribution < 1.29 is 4.79 Å². The molecule has 218 valence electrons. The maximum atomic E-state index is 13.7. The summed E-state index contributed by atoms with van der Waals surface area (Å²) in [5, 5.41) is 7.47. The van der Waals surface area contributed by atoms with Crippen LogP contribution in [0.4, 0.5) is 0 Å². The van der Waals surface area contributed by atoms with E-state index in [0.717, 1.165) is 84.4 Å². The third kappa shape index (κ3) is 7.76. The van der Waals surface area contributed by atoms with Crippen LogP contribution in [-0.2, 0) is 31.2 Å². The number of hydrogen-bond donors (Lipinski definition) is 1. The van der Waals surface area contributed by atoms with Gasteiger partial charge >= 0.3 is 0 Å². The molecule has 0 aliphatic heterocycles. The highest BCUT2D eigenvalue weighted by Crippen LogP contribution is 2.39. The molecule has 7 heteroatoms. The fourth-order valence-corrected chi connectivity index (χ4v) is 6.02. The van der Waals surface area contributed by atoms with Gasteiger partial charge in [-0.25, -0.2) is 9.97 Å². The number of rotatable bonds is 11. The summed E-state index contributed by atoms with van der Waals surface area (Å²) in [6.07, 6.45) is 25.6. The number of terminal acetylenes is 2. The first-order valence-electron chi connectivity index (χ1n) is 15.1. The van der Waals surface area contributed by atoms with Gasteiger partial charge in [-0.2, -0.15) is 5.10 Å². The highest BCUT2D eigenvalue weighted by atomic mass is 16.1. The number of carbonyl (C=O) groups excluding carboxylic acids is 1. The standard InChI is InChI=1S/C36H38N6O/c1-4-6-8-13-32-28(5-2)22-38-34(41-32)20-26-14-16-29(17-15-26)35(36(43)39-21-27-11-9-7-10-12-27)33-19-18-30(23-37-33)31-24-40-42(3)25-31/h1-2,7,9-12,18-19,22-26,29,35H,6,8,13-17,20-21H2,3H3,(H,39,43)/t26-,29-,35?. The van der Waals surface area contributed by atoms with Crippen molar-refractivity contribution in [2.45, 2.75) is 63.8 Å². The van der Waals surface area contributed by atoms with E-state index < -0.39 is 0 Å². The van der Waals surface area contributed by atoms with Crippen molar-refractivity contribution in [3.05, 3.63) is 95.6 Å². The van der Waals surface area contributed by atoms with Gasteiger partial charge in [0.25, 0.3) is 0 Å². The number of unbranched alkanes of at least 4 members (excludes halogenated alkanes) is 1. The van der Waals surface area contributed by atoms with Gasteiger partial charge in [-0.15, -0.1) is 18.8 Å². The average molecular weight is 571 g/mol. The third-order valence-corrected chi connectivity index (χ3v) is 8.38. The van der Waals surface area contributed by atoms with Crippen molar-refractivity contribution in [2.24, 2.45) is 18.9 Å². The van der Waals surface area contributed by atoms with E-state index in [-0.39, 0.29) is 17.7 Å². The number of pyridine rings is 1. The van der Waals surface area contributed by atoms with Crippen molar-refractivity contribution in [1.29, 1.82) is 0 Å². The zero-order valence-corrected chi connectivity index (χ0v) is 24.7. The monoisotopic (exact) mass is 570 g/mol. The van der Waals surface area contributed by atoms with Gasteiger partial charge in [-0.3, -0.25) is 14.5 Å². The van der Waals surface area contributed by atoms with Crippen LogP contribution >= 0.6 is 0 Å². The van der Waals surface area contributed by atoms with E-state index in [1.807, 2.05) is 68.1 Å². The van der Waals surface area contributed by atoms with E-state index >= 15 is 0 Å². The van der Waals surface area contributed by atoms with E-state index in [1.54, 1.807) is 10.9 Å². The molecule has 1 amide bonds. The molecule has 43 heavy (non-hydrogen) atoms. The molecule has 1 fully saturated rings. The molecule has 1 aromatic carbocycles. The van der Waals surface area contributed by atoms with Crippen LogP contribution in [0.1, 0.15) is 72.8 Å². The van der Waals surface area contributed by atoms with E-state index in [2.05, 4.69) is 27.2 Å². The molecule has 0 spiro atoms. The molecule has 3 heterocycles. The zero-order chi connectivity index (χ0) is 30.0. The highest BCUT2D eigenvalue weighted by Gasteiger charge is 2.34. The normalized spacial score (nSPS) is 17.0. The zero-order valence-electron chi connectivity index (χ0n) is 24.7. The summed E-state index contributed by atoms with van der Waals surface area (Å²) in [6, 6.07) is 14.1. The summed E-state index contributed by atoms with van der Waals surface area (Å²) in [5.74, 6) is 6.60. The van der Waals surface area contributed by atoms with Gasteiger partial charge in [0.1, 0.15) is 5.82 Å². The summed E-state index contributed by atoms with van der Waals surface area (Å²) in [5.41, 5.74) is 5.53. The Morgan fingerprint density at radius 2 is 1.84 bits per heavy atom. The van der Waals surface area contributed by atoms with Gasteiger partial charge < -0.3 is 5.32 Å². The Labute approximate surface area is 254 Å². The molecule has 0 saturated heterocycles. The molecule has 1 aliphatic rings. The Kier molecular flexibility index (Phi) is 9.97. The third-order valence-electron chi connectivity index (χ3n) is 8.38. The Morgan fingerprint density at radius 1 is 1.02 bits per heavy atom. The summed E-state index contributed by atoms with van der Waals surface area (Å²) in [4.78, 5) is 28.0. The summed E-state index contributed by atoms with van der Waals surface area (Å²) in [6.45, 7) is 0.494. The first kappa shape index (κ1) is 29.7. The van der Waals surface area contributed by atoms with Crippen molar-refractivity contribution in [3.63, 3.8) is 0 Å². The summed E-state index contributed by atoms with van der Waals surface area (Å²) in [7, 11) is 1.90. The lowest BCUT2D eigenvalue weighted by atomic mass is 9.73. The molecule has 7 nitrogen and oxygen atoms in total. The molecule has 0 radical (unpaired) electrons. The first-order chi connectivity index (χ1) is 21.0. The Hall–Kier alpha value is -4.75. The second kappa shape index (κ2) is 14.4. The minimum absolute atomic E-state index is 0.0266. The highest BCUT2D eigenvalue weighted by molar-refractivity contribution is 5.83. The molecule has 5 rings (SSSR count). The number of hydrogen-bond acceptors (Lipinski definition) is 5. The quantitative estimate of drug-likeness (QED) is 0.186. The average Bonchev–Trinajstić information content (AvgIpc) is 3.48. The summed E-state index contributed by atoms with van der Waals surface area (Å²) >= 11 is 0. The second-order valence-corrected chi connectivity index (χ2v) is 11.4. The molecule has 1 unspecified atom stereocenters. The maximum absolute atomic E-state index is 13.7. The van der Waals surface area contributed by atoms with E-state index in [4.69, 9.17) is 22.8 Å². The van der Waals surface area contributed by atoms with Crippen molar-refractivity contribution in [3.8, 4) is 35.8 Å². The molecule has 4 aromatic rings. The fourth-order valence-electron chi connectivity index (χ4n) is 6.02. The number of nitrogens with one attached hydrogen (secondary N) is 1. The lowest BCUT2D eigenvalue weighted by molar-refractivity contribution is -0.124. The SMILES string of the molecule is C#CCCCc1nc(C[C@H]2CC[C@H](C(C(=O)NCc3ccccc3)c3ccc(-c4cnn(C)c4)cn3)CC2)ncc1C#C. The Balaban J connectivity index is 1.28. The molecule has 1 atom stereocenters. The van der Waals surface area contributed by atoms with Crippen LogP contribution in [0.5, 0.6) is 0 Å². The lowest BCUT2D eigenvalue weighted by Gasteiger charge is -2.33. The van der Waals surface area contributed by atoms with Crippen LogP contribution in [0.15, 0.2) is 67.3 Å². The van der Waals surface area contributed by atoms with E-state index in [1.165, 1.54) is 0 Å². The van der Waals surface area contributed by atoms with E-state index in [9.17, 15) is 4.79 Å². The number of nitrogens with zero attached hydrogens (tertiary/aromatic N) is 5. The Bertz CT molecular complexity index is 1590. The van der Waals surface area contributed by atoms with Gasteiger partial charge in [-0.05, 0) is 62.0 Å². The maximum Gasteiger partial charge on any atom is 0.229 e. The first-order valence-corrected chi connectivity index (χ1v) is 15.1. The topological polar surface area (TPSA) is 85.6 Å². The van der Waals surface area contributed by atoms with Crippen molar-refractivity contribution in [2.75, 3.05) is 0 Å². The number of aryl methyl sites for hydroxylation is 2. The molecular weight excluding hydrogens is 532 g/mol. The van der Waals surface area contributed by atoms with E-state index in [0.29, 0.717) is 18.9 Å². The molecular formula is C36H38N6O. The molecule has 1 N–H and O–H groups in total. The minimum Gasteiger partial charge on any atom is -0.351 e. The second-order valence-electron chi connectivity index (χ2n) is 11.4. The Morgan fingerprint density at radius 3 is 2.51 bits per heavy atom. The molecule has 1 aliphatic carbocycles. The molecule has 3 aromatic heterocycles. The van der Waals surface area contributed by atoms with Gasteiger partial charge in [0.2, 0.25) is 5.91 Å². The van der Waals surface area contributed by atoms with Crippen molar-refractivity contribution in [1.82, 2.24) is 30.0 Å². The van der Waals surface area contributed by atoms with Crippen molar-refractivity contribution >= 4 is 5.91 Å². The number of benzene rings is 1. The predicted octanol–water partition coefficient (Wildman–Crippen LogP) is 5.66. The minimum atomic E-state index is -0.318. The van der Waals surface area contributed by atoms with Crippen LogP contribution in [-0.4, -0.2) is 30.6 Å². The van der Waals surface area contributed by atoms with Gasteiger partial charge in [-0.1, -0.05) is 42.3 Å². The van der Waals surface area contributed by atoms with Crippen LogP contribution in [0, 0.1) is 36.5 Å². The van der Waals surface area contributed by atoms with Gasteiger partial charge in [0.15, 0.2) is 0 Å². The largest absolute Gasteiger partial charge is 0.351 e. The van der Waals surface area contributed by atoms with Crippen LogP contribution in [0.3, 0.4) is 0 Å². The molecule has 1 saturated carbocycles.